The van der Waals surface area contributed by atoms with Gasteiger partial charge < -0.3 is 9.84 Å². The van der Waals surface area contributed by atoms with E-state index in [1.807, 2.05) is 0 Å². The van der Waals surface area contributed by atoms with Crippen LogP contribution in [0.5, 0.6) is 0 Å². The van der Waals surface area contributed by atoms with E-state index in [-0.39, 0.29) is 6.10 Å². The van der Waals surface area contributed by atoms with Gasteiger partial charge in [0.05, 0.1) is 11.5 Å². The average molecular weight is 431 g/mol. The van der Waals surface area contributed by atoms with Gasteiger partial charge in [-0.15, -0.1) is 0 Å². The Bertz CT molecular complexity index is 696. The van der Waals surface area contributed by atoms with Crippen LogP contribution in [0, 0.1) is 46.3 Å². The van der Waals surface area contributed by atoms with Gasteiger partial charge in [0.15, 0.2) is 0 Å². The van der Waals surface area contributed by atoms with Crippen LogP contribution in [0.15, 0.2) is 11.6 Å². The van der Waals surface area contributed by atoms with E-state index in [0.717, 1.165) is 49.9 Å². The van der Waals surface area contributed by atoms with Crippen molar-refractivity contribution in [3.8, 4) is 0 Å². The Kier molecular flexibility index (Phi) is 6.65. The highest BCUT2D eigenvalue weighted by Crippen LogP contribution is 2.67. The van der Waals surface area contributed by atoms with Gasteiger partial charge in [0.2, 0.25) is 0 Å². The normalized spacial score (nSPS) is 43.0. The zero-order chi connectivity index (χ0) is 22.4. The van der Waals surface area contributed by atoms with E-state index in [4.69, 9.17) is 4.74 Å². The fourth-order valence-electron chi connectivity index (χ4n) is 8.90. The van der Waals surface area contributed by atoms with E-state index < -0.39 is 11.4 Å². The molecule has 0 bridgehead atoms. The van der Waals surface area contributed by atoms with Gasteiger partial charge in [-0.05, 0) is 92.3 Å². The number of carboxylic acids is 1. The van der Waals surface area contributed by atoms with Crippen molar-refractivity contribution in [2.45, 2.75) is 104 Å². The van der Waals surface area contributed by atoms with Crippen molar-refractivity contribution in [2.75, 3.05) is 7.11 Å². The van der Waals surface area contributed by atoms with Gasteiger partial charge in [-0.1, -0.05) is 58.6 Å². The zero-order valence-corrected chi connectivity index (χ0v) is 20.7. The van der Waals surface area contributed by atoms with E-state index >= 15 is 0 Å². The first kappa shape index (κ1) is 23.3. The third-order valence-electron chi connectivity index (χ3n) is 10.5. The van der Waals surface area contributed by atoms with E-state index in [1.165, 1.54) is 44.1 Å². The number of fused-ring (bicyclic) bond motifs is 5. The minimum Gasteiger partial charge on any atom is -0.481 e. The maximum absolute atomic E-state index is 12.8. The van der Waals surface area contributed by atoms with Crippen LogP contribution in [0.1, 0.15) is 98.3 Å². The quantitative estimate of drug-likeness (QED) is 0.438. The summed E-state index contributed by atoms with van der Waals surface area (Å²) in [5.74, 6) is 3.47. The molecule has 3 heteroatoms. The Labute approximate surface area is 190 Å². The lowest BCUT2D eigenvalue weighted by Crippen LogP contribution is -2.55. The third kappa shape index (κ3) is 3.81. The van der Waals surface area contributed by atoms with Crippen molar-refractivity contribution in [1.29, 1.82) is 0 Å². The molecule has 4 rings (SSSR count). The van der Waals surface area contributed by atoms with Crippen LogP contribution in [0.25, 0.3) is 0 Å². The number of hydrogen-bond acceptors (Lipinski definition) is 2. The molecule has 4 aliphatic carbocycles. The van der Waals surface area contributed by atoms with E-state index in [9.17, 15) is 9.90 Å². The van der Waals surface area contributed by atoms with Crippen molar-refractivity contribution < 1.29 is 14.6 Å². The lowest BCUT2D eigenvalue weighted by molar-refractivity contribution is -0.160. The lowest BCUT2D eigenvalue weighted by atomic mass is 9.46. The predicted octanol–water partition coefficient (Wildman–Crippen LogP) is 7.11. The fourth-order valence-corrected chi connectivity index (χ4v) is 8.90. The molecule has 0 aromatic rings. The first-order valence-corrected chi connectivity index (χ1v) is 13.2. The summed E-state index contributed by atoms with van der Waals surface area (Å²) in [6, 6.07) is 0. The molecule has 1 N–H and O–H groups in total. The first-order chi connectivity index (χ1) is 14.7. The predicted molar refractivity (Wildman–Crippen MR) is 126 cm³/mol. The molecule has 31 heavy (non-hydrogen) atoms. The summed E-state index contributed by atoms with van der Waals surface area (Å²) < 4.78 is 5.64. The molecule has 0 amide bonds. The van der Waals surface area contributed by atoms with Gasteiger partial charge in [0.25, 0.3) is 0 Å². The number of methoxy groups -OCH3 is 1. The maximum Gasteiger partial charge on any atom is 0.314 e. The topological polar surface area (TPSA) is 46.5 Å². The van der Waals surface area contributed by atoms with E-state index in [0.29, 0.717) is 23.2 Å². The van der Waals surface area contributed by atoms with Gasteiger partial charge in [0, 0.05) is 7.11 Å². The molecule has 0 aliphatic heterocycles. The van der Waals surface area contributed by atoms with Gasteiger partial charge in [-0.3, -0.25) is 4.79 Å². The second kappa shape index (κ2) is 8.84. The van der Waals surface area contributed by atoms with Crippen LogP contribution in [0.2, 0.25) is 0 Å². The highest BCUT2D eigenvalue weighted by molar-refractivity contribution is 5.80. The Morgan fingerprint density at radius 2 is 1.90 bits per heavy atom. The van der Waals surface area contributed by atoms with Crippen molar-refractivity contribution in [1.82, 2.24) is 0 Å². The summed E-state index contributed by atoms with van der Waals surface area (Å²) in [6.07, 6.45) is 15.2. The molecule has 176 valence electrons. The van der Waals surface area contributed by atoms with E-state index in [1.54, 1.807) is 7.11 Å². The second-order valence-electron chi connectivity index (χ2n) is 12.2. The molecule has 3 fully saturated rings. The number of carbonyl (C=O) groups is 1. The number of ether oxygens (including phenoxy) is 1. The summed E-state index contributed by atoms with van der Waals surface area (Å²) in [6.45, 7) is 9.76. The molecule has 8 unspecified atom stereocenters. The van der Waals surface area contributed by atoms with Gasteiger partial charge in [-0.2, -0.15) is 0 Å². The minimum atomic E-state index is -0.611. The molecule has 0 heterocycles. The summed E-state index contributed by atoms with van der Waals surface area (Å²) in [7, 11) is 1.78. The molecule has 4 aliphatic rings. The van der Waals surface area contributed by atoms with Crippen molar-refractivity contribution in [3.63, 3.8) is 0 Å². The Morgan fingerprint density at radius 3 is 2.58 bits per heavy atom. The van der Waals surface area contributed by atoms with Crippen molar-refractivity contribution in [3.05, 3.63) is 11.6 Å². The number of hydrogen-bond donors (Lipinski definition) is 1. The molecule has 0 spiro atoms. The largest absolute Gasteiger partial charge is 0.481 e. The number of carboxylic acid groups (broad SMARTS) is 1. The molecule has 3 saturated carbocycles. The lowest BCUT2D eigenvalue weighted by Gasteiger charge is -2.57. The van der Waals surface area contributed by atoms with Gasteiger partial charge >= 0.3 is 5.97 Å². The Morgan fingerprint density at radius 1 is 1.13 bits per heavy atom. The molecule has 0 aromatic heterocycles. The summed E-state index contributed by atoms with van der Waals surface area (Å²) in [4.78, 5) is 12.8. The number of allylic oxidation sites excluding steroid dienone is 1. The SMILES string of the molecule is COC1CCC2(C(=O)O)C(=CCC3C2CCC2(C)C(C(C)CCCC(C)C)CCC32)C1. The van der Waals surface area contributed by atoms with Crippen LogP contribution in [0.3, 0.4) is 0 Å². The molecule has 0 radical (unpaired) electrons. The Balaban J connectivity index is 1.55. The molecule has 0 saturated heterocycles. The van der Waals surface area contributed by atoms with Crippen LogP contribution in [-0.4, -0.2) is 24.3 Å². The van der Waals surface area contributed by atoms with Crippen molar-refractivity contribution >= 4 is 5.97 Å². The molecular formula is C28H46O3. The zero-order valence-electron chi connectivity index (χ0n) is 20.7. The van der Waals surface area contributed by atoms with E-state index in [2.05, 4.69) is 33.8 Å². The van der Waals surface area contributed by atoms with Gasteiger partial charge in [0.1, 0.15) is 0 Å². The minimum absolute atomic E-state index is 0.201. The van der Waals surface area contributed by atoms with Crippen LogP contribution >= 0.6 is 0 Å². The summed E-state index contributed by atoms with van der Waals surface area (Å²) in [5.41, 5.74) is 0.993. The molecular weight excluding hydrogens is 384 g/mol. The van der Waals surface area contributed by atoms with Crippen LogP contribution in [0.4, 0.5) is 0 Å². The molecule has 8 atom stereocenters. The summed E-state index contributed by atoms with van der Waals surface area (Å²) >= 11 is 0. The summed E-state index contributed by atoms with van der Waals surface area (Å²) in [5, 5.41) is 10.5. The average Bonchev–Trinajstić information content (AvgIpc) is 3.09. The third-order valence-corrected chi connectivity index (χ3v) is 10.5. The standard InChI is InChI=1S/C28H46O3/c1-18(2)7-6-8-19(3)23-11-12-24-22-10-9-20-17-21(31-5)13-16-28(20,26(29)30)25(22)14-15-27(23,24)4/h9,18-19,21-25H,6-8,10-17H2,1-5H3,(H,29,30). The first-order valence-electron chi connectivity index (χ1n) is 13.2. The highest BCUT2D eigenvalue weighted by atomic mass is 16.5. The second-order valence-corrected chi connectivity index (χ2v) is 12.2. The van der Waals surface area contributed by atoms with Gasteiger partial charge in [-0.25, -0.2) is 0 Å². The van der Waals surface area contributed by atoms with Crippen molar-refractivity contribution in [2.24, 2.45) is 46.3 Å². The maximum atomic E-state index is 12.8. The molecule has 0 aromatic carbocycles. The number of aliphatic carboxylic acids is 1. The molecule has 3 nitrogen and oxygen atoms in total. The Hall–Kier alpha value is -0.830. The number of rotatable bonds is 7. The van der Waals surface area contributed by atoms with Crippen LogP contribution < -0.4 is 0 Å². The highest BCUT2D eigenvalue weighted by Gasteiger charge is 2.62. The van der Waals surface area contributed by atoms with Crippen LogP contribution in [-0.2, 0) is 9.53 Å². The monoisotopic (exact) mass is 430 g/mol. The smallest absolute Gasteiger partial charge is 0.314 e. The fraction of sp³-hybridized carbons (Fsp3) is 0.893.